The lowest BCUT2D eigenvalue weighted by Gasteiger charge is -2.10. The number of fused-ring (bicyclic) bond motifs is 1. The zero-order valence-electron chi connectivity index (χ0n) is 9.77. The number of pyridine rings is 1. The number of carbonyl (C=O) groups is 1. The van der Waals surface area contributed by atoms with Gasteiger partial charge in [0.15, 0.2) is 5.78 Å². The van der Waals surface area contributed by atoms with E-state index in [-0.39, 0.29) is 11.7 Å². The Morgan fingerprint density at radius 3 is 2.89 bits per heavy atom. The van der Waals surface area contributed by atoms with Crippen LogP contribution in [-0.4, -0.2) is 10.8 Å². The minimum Gasteiger partial charge on any atom is -0.293 e. The predicted octanol–water partition coefficient (Wildman–Crippen LogP) is 3.65. The molecule has 0 saturated heterocycles. The van der Waals surface area contributed by atoms with E-state index < -0.39 is 0 Å². The minimum atomic E-state index is -0.138. The number of nitrogens with zero attached hydrogens (tertiary/aromatic N) is 1. The largest absolute Gasteiger partial charge is 0.293 e. The van der Waals surface area contributed by atoms with Crippen LogP contribution < -0.4 is 0 Å². The summed E-state index contributed by atoms with van der Waals surface area (Å²) in [6, 6.07) is 11.2. The van der Waals surface area contributed by atoms with Crippen LogP contribution in [0.1, 0.15) is 34.0 Å². The number of aromatic nitrogens is 1. The van der Waals surface area contributed by atoms with Gasteiger partial charge in [0.05, 0.1) is 16.6 Å². The third kappa shape index (κ3) is 1.83. The minimum absolute atomic E-state index is 0.0815. The molecular weight excluding hydrogens is 246 g/mol. The first-order valence-electron chi connectivity index (χ1n) is 6.00. The summed E-state index contributed by atoms with van der Waals surface area (Å²) in [5.41, 5.74) is 2.70. The average molecular weight is 258 g/mol. The van der Waals surface area contributed by atoms with Crippen molar-refractivity contribution in [2.24, 2.45) is 0 Å². The number of Topliss-reactive ketones (excluding diaryl/α,β-unsaturated/α-hetero) is 1. The molecule has 1 heterocycles. The maximum absolute atomic E-state index is 12.5. The second-order valence-electron chi connectivity index (χ2n) is 4.48. The maximum atomic E-state index is 12.5. The van der Waals surface area contributed by atoms with E-state index in [1.54, 1.807) is 18.3 Å². The molecule has 0 fully saturated rings. The van der Waals surface area contributed by atoms with Crippen molar-refractivity contribution < 1.29 is 4.79 Å². The van der Waals surface area contributed by atoms with E-state index >= 15 is 0 Å². The van der Waals surface area contributed by atoms with Gasteiger partial charge in [0.1, 0.15) is 0 Å². The van der Waals surface area contributed by atoms with Crippen molar-refractivity contribution in [3.05, 3.63) is 64.4 Å². The zero-order chi connectivity index (χ0) is 12.5. The number of hydrogen-bond donors (Lipinski definition) is 0. The summed E-state index contributed by atoms with van der Waals surface area (Å²) in [4.78, 5) is 16.9. The molecule has 2 aromatic rings. The molecule has 1 aliphatic rings. The highest BCUT2D eigenvalue weighted by atomic mass is 35.5. The first kappa shape index (κ1) is 11.4. The summed E-state index contributed by atoms with van der Waals surface area (Å²) in [5, 5.41) is 0.520. The van der Waals surface area contributed by atoms with Gasteiger partial charge in [-0.1, -0.05) is 29.8 Å². The van der Waals surface area contributed by atoms with E-state index in [4.69, 9.17) is 11.6 Å². The molecule has 3 rings (SSSR count). The lowest BCUT2D eigenvalue weighted by Crippen LogP contribution is -2.11. The molecule has 0 spiro atoms. The van der Waals surface area contributed by atoms with Gasteiger partial charge < -0.3 is 0 Å². The molecule has 0 aliphatic heterocycles. The summed E-state index contributed by atoms with van der Waals surface area (Å²) in [5.74, 6) is -0.0563. The van der Waals surface area contributed by atoms with Crippen molar-refractivity contribution in [1.29, 1.82) is 0 Å². The summed E-state index contributed by atoms with van der Waals surface area (Å²) in [6.45, 7) is 0. The molecule has 0 bridgehead atoms. The number of benzene rings is 1. The topological polar surface area (TPSA) is 30.0 Å². The van der Waals surface area contributed by atoms with Gasteiger partial charge in [-0.15, -0.1) is 0 Å². The molecule has 0 amide bonds. The van der Waals surface area contributed by atoms with Crippen molar-refractivity contribution in [2.75, 3.05) is 0 Å². The van der Waals surface area contributed by atoms with Gasteiger partial charge in [-0.3, -0.25) is 9.78 Å². The van der Waals surface area contributed by atoms with Gasteiger partial charge in [0, 0.05) is 11.8 Å². The van der Waals surface area contributed by atoms with Crippen LogP contribution in [0.2, 0.25) is 5.02 Å². The van der Waals surface area contributed by atoms with Crippen LogP contribution in [0.15, 0.2) is 42.6 Å². The predicted molar refractivity (Wildman–Crippen MR) is 71.1 cm³/mol. The van der Waals surface area contributed by atoms with E-state index in [1.165, 1.54) is 5.56 Å². The van der Waals surface area contributed by atoms with Gasteiger partial charge in [-0.2, -0.15) is 0 Å². The molecule has 1 unspecified atom stereocenters. The molecule has 1 aliphatic carbocycles. The van der Waals surface area contributed by atoms with E-state index in [1.807, 2.05) is 24.3 Å². The highest BCUT2D eigenvalue weighted by Gasteiger charge is 2.31. The van der Waals surface area contributed by atoms with Gasteiger partial charge in [0.25, 0.3) is 0 Å². The first-order valence-corrected chi connectivity index (χ1v) is 6.37. The molecule has 3 heteroatoms. The number of halogens is 1. The van der Waals surface area contributed by atoms with Crippen molar-refractivity contribution in [3.8, 4) is 0 Å². The van der Waals surface area contributed by atoms with Crippen LogP contribution in [-0.2, 0) is 6.42 Å². The van der Waals surface area contributed by atoms with Gasteiger partial charge in [-0.25, -0.2) is 0 Å². The zero-order valence-corrected chi connectivity index (χ0v) is 10.5. The molecular formula is C15H12ClNO. The van der Waals surface area contributed by atoms with Crippen LogP contribution in [0.3, 0.4) is 0 Å². The fourth-order valence-corrected chi connectivity index (χ4v) is 2.75. The monoisotopic (exact) mass is 257 g/mol. The number of rotatable bonds is 2. The second kappa shape index (κ2) is 4.54. The molecule has 1 atom stereocenters. The molecule has 0 saturated carbocycles. The lowest BCUT2D eigenvalue weighted by atomic mass is 9.95. The Balaban J connectivity index is 1.99. The SMILES string of the molecule is O=C(c1ccccc1Cl)C1CCc2cccnc21. The fourth-order valence-electron chi connectivity index (χ4n) is 2.52. The van der Waals surface area contributed by atoms with Crippen LogP contribution >= 0.6 is 11.6 Å². The quantitative estimate of drug-likeness (QED) is 0.769. The Kier molecular flexibility index (Phi) is 2.88. The Morgan fingerprint density at radius 2 is 2.06 bits per heavy atom. The summed E-state index contributed by atoms with van der Waals surface area (Å²) >= 11 is 6.08. The highest BCUT2D eigenvalue weighted by molar-refractivity contribution is 6.34. The molecule has 90 valence electrons. The van der Waals surface area contributed by atoms with Crippen molar-refractivity contribution in [2.45, 2.75) is 18.8 Å². The van der Waals surface area contributed by atoms with E-state index in [2.05, 4.69) is 4.98 Å². The van der Waals surface area contributed by atoms with Gasteiger partial charge in [0.2, 0.25) is 0 Å². The van der Waals surface area contributed by atoms with Crippen LogP contribution in [0.25, 0.3) is 0 Å². The Labute approximate surface area is 111 Å². The highest BCUT2D eigenvalue weighted by Crippen LogP contribution is 2.35. The molecule has 0 radical (unpaired) electrons. The molecule has 2 nitrogen and oxygen atoms in total. The number of carbonyl (C=O) groups excluding carboxylic acids is 1. The third-order valence-electron chi connectivity index (χ3n) is 3.41. The number of ketones is 1. The molecule has 1 aromatic heterocycles. The summed E-state index contributed by atoms with van der Waals surface area (Å²) in [6.07, 6.45) is 3.50. The van der Waals surface area contributed by atoms with Crippen LogP contribution in [0, 0.1) is 0 Å². The first-order chi connectivity index (χ1) is 8.77. The normalized spacial score (nSPS) is 17.5. The Bertz CT molecular complexity index is 609. The van der Waals surface area contributed by atoms with Gasteiger partial charge in [-0.05, 0) is 36.6 Å². The number of aryl methyl sites for hydroxylation is 1. The van der Waals surface area contributed by atoms with Gasteiger partial charge >= 0.3 is 0 Å². The molecule has 1 aromatic carbocycles. The summed E-state index contributed by atoms with van der Waals surface area (Å²) in [7, 11) is 0. The van der Waals surface area contributed by atoms with Crippen LogP contribution in [0.4, 0.5) is 0 Å². The summed E-state index contributed by atoms with van der Waals surface area (Å²) < 4.78 is 0. The lowest BCUT2D eigenvalue weighted by molar-refractivity contribution is 0.0958. The van der Waals surface area contributed by atoms with Crippen molar-refractivity contribution in [1.82, 2.24) is 4.98 Å². The Hall–Kier alpha value is -1.67. The van der Waals surface area contributed by atoms with Crippen LogP contribution in [0.5, 0.6) is 0 Å². The second-order valence-corrected chi connectivity index (χ2v) is 4.89. The smallest absolute Gasteiger partial charge is 0.173 e. The van der Waals surface area contributed by atoms with Crippen molar-refractivity contribution in [3.63, 3.8) is 0 Å². The number of hydrogen-bond acceptors (Lipinski definition) is 2. The average Bonchev–Trinajstić information content (AvgIpc) is 2.82. The standard InChI is InChI=1S/C15H12ClNO/c16-13-6-2-1-5-11(13)15(18)12-8-7-10-4-3-9-17-14(10)12/h1-6,9,12H,7-8H2. The van der Waals surface area contributed by atoms with E-state index in [0.717, 1.165) is 18.5 Å². The van der Waals surface area contributed by atoms with Crippen molar-refractivity contribution >= 4 is 17.4 Å². The molecule has 0 N–H and O–H groups in total. The molecule has 18 heavy (non-hydrogen) atoms. The van der Waals surface area contributed by atoms with E-state index in [0.29, 0.717) is 10.6 Å². The van der Waals surface area contributed by atoms with E-state index in [9.17, 15) is 4.79 Å². The third-order valence-corrected chi connectivity index (χ3v) is 3.74. The maximum Gasteiger partial charge on any atom is 0.173 e. The fraction of sp³-hybridized carbons (Fsp3) is 0.200. The Morgan fingerprint density at radius 1 is 1.22 bits per heavy atom.